The molecule has 0 aliphatic rings. The first kappa shape index (κ1) is 14.0. The molecule has 1 rings (SSSR count). The highest BCUT2D eigenvalue weighted by molar-refractivity contribution is 5.91. The van der Waals surface area contributed by atoms with Gasteiger partial charge in [-0.3, -0.25) is 10.1 Å². The summed E-state index contributed by atoms with van der Waals surface area (Å²) in [5, 5.41) is 2.46. The van der Waals surface area contributed by atoms with E-state index in [4.69, 9.17) is 9.47 Å². The van der Waals surface area contributed by atoms with Crippen LogP contribution >= 0.6 is 0 Å². The average molecular weight is 252 g/mol. The smallest absolute Gasteiger partial charge is 0.412 e. The number of rotatable bonds is 3. The van der Waals surface area contributed by atoms with E-state index in [9.17, 15) is 9.59 Å². The van der Waals surface area contributed by atoms with E-state index in [1.165, 1.54) is 13.2 Å². The molecule has 6 heteroatoms. The molecule has 0 aliphatic heterocycles. The number of nitrogens with one attached hydrogen (secondary N) is 1. The van der Waals surface area contributed by atoms with Gasteiger partial charge in [0.1, 0.15) is 11.3 Å². The lowest BCUT2D eigenvalue weighted by atomic mass is 10.2. The molecular weight excluding hydrogens is 236 g/mol. The molecule has 0 atom stereocenters. The van der Waals surface area contributed by atoms with Crippen molar-refractivity contribution >= 4 is 18.1 Å². The largest absolute Gasteiger partial charge is 0.481 e. The summed E-state index contributed by atoms with van der Waals surface area (Å²) in [4.78, 5) is 26.3. The van der Waals surface area contributed by atoms with Crippen molar-refractivity contribution in [1.29, 1.82) is 0 Å². The number of aromatic nitrogens is 1. The van der Waals surface area contributed by atoms with Crippen LogP contribution in [0, 0.1) is 0 Å². The Hall–Kier alpha value is -2.11. The van der Waals surface area contributed by atoms with Crippen molar-refractivity contribution in [2.45, 2.75) is 26.4 Å². The molecule has 0 fully saturated rings. The zero-order valence-corrected chi connectivity index (χ0v) is 10.8. The van der Waals surface area contributed by atoms with E-state index in [2.05, 4.69) is 10.3 Å². The van der Waals surface area contributed by atoms with Crippen molar-refractivity contribution in [3.8, 4) is 5.88 Å². The number of hydrogen-bond donors (Lipinski definition) is 1. The summed E-state index contributed by atoms with van der Waals surface area (Å²) in [7, 11) is 1.44. The molecule has 1 N–H and O–H groups in total. The fraction of sp³-hybridized carbons (Fsp3) is 0.417. The lowest BCUT2D eigenvalue weighted by molar-refractivity contribution is 0.0636. The second kappa shape index (κ2) is 5.48. The van der Waals surface area contributed by atoms with Crippen LogP contribution in [0.15, 0.2) is 12.1 Å². The number of amides is 1. The summed E-state index contributed by atoms with van der Waals surface area (Å²) in [6.07, 6.45) is -0.104. The van der Waals surface area contributed by atoms with Crippen LogP contribution in [0.2, 0.25) is 0 Å². The molecule has 6 nitrogen and oxygen atoms in total. The Morgan fingerprint density at radius 3 is 2.56 bits per heavy atom. The predicted molar refractivity (Wildman–Crippen MR) is 66.0 cm³/mol. The topological polar surface area (TPSA) is 77.5 Å². The number of anilines is 1. The van der Waals surface area contributed by atoms with Crippen molar-refractivity contribution in [2.75, 3.05) is 12.4 Å². The van der Waals surface area contributed by atoms with Crippen molar-refractivity contribution in [1.82, 2.24) is 4.98 Å². The Morgan fingerprint density at radius 1 is 1.39 bits per heavy atom. The Kier molecular flexibility index (Phi) is 4.25. The number of carbonyl (C=O) groups is 2. The van der Waals surface area contributed by atoms with Crippen molar-refractivity contribution in [3.63, 3.8) is 0 Å². The Labute approximate surface area is 105 Å². The molecule has 1 aromatic rings. The summed E-state index contributed by atoms with van der Waals surface area (Å²) in [5.41, 5.74) is -0.244. The molecule has 0 radical (unpaired) electrons. The molecule has 0 saturated heterocycles. The SMILES string of the molecule is COc1ccc(NC(=O)OC(C)(C)C)c(C=O)n1. The van der Waals surface area contributed by atoms with E-state index in [0.717, 1.165) is 0 Å². The van der Waals surface area contributed by atoms with Gasteiger partial charge >= 0.3 is 6.09 Å². The summed E-state index contributed by atoms with van der Waals surface area (Å²) in [5.74, 6) is 0.298. The van der Waals surface area contributed by atoms with Crippen molar-refractivity contribution < 1.29 is 19.1 Å². The molecule has 0 aliphatic carbocycles. The zero-order valence-electron chi connectivity index (χ0n) is 10.8. The highest BCUT2D eigenvalue weighted by Gasteiger charge is 2.17. The van der Waals surface area contributed by atoms with E-state index in [1.54, 1.807) is 26.8 Å². The van der Waals surface area contributed by atoms with Gasteiger partial charge in [-0.15, -0.1) is 0 Å². The van der Waals surface area contributed by atoms with Gasteiger partial charge in [0.2, 0.25) is 5.88 Å². The van der Waals surface area contributed by atoms with Crippen molar-refractivity contribution in [3.05, 3.63) is 17.8 Å². The maximum Gasteiger partial charge on any atom is 0.412 e. The van der Waals surface area contributed by atoms with Gasteiger partial charge in [0.25, 0.3) is 0 Å². The third-order valence-electron chi connectivity index (χ3n) is 1.86. The van der Waals surface area contributed by atoms with Crippen LogP contribution in [0.25, 0.3) is 0 Å². The lowest BCUT2D eigenvalue weighted by Crippen LogP contribution is -2.27. The average Bonchev–Trinajstić information content (AvgIpc) is 2.27. The van der Waals surface area contributed by atoms with Gasteiger partial charge in [0, 0.05) is 6.07 Å². The second-order valence-electron chi connectivity index (χ2n) is 4.53. The molecule has 0 unspecified atom stereocenters. The number of ether oxygens (including phenoxy) is 2. The standard InChI is InChI=1S/C12H16N2O4/c1-12(2,3)18-11(16)14-8-5-6-10(17-4)13-9(8)7-15/h5-7H,1-4H3,(H,14,16). The van der Waals surface area contributed by atoms with Gasteiger partial charge in [-0.1, -0.05) is 0 Å². The Morgan fingerprint density at radius 2 is 2.06 bits per heavy atom. The number of methoxy groups -OCH3 is 1. The van der Waals surface area contributed by atoms with E-state index < -0.39 is 11.7 Å². The van der Waals surface area contributed by atoms with Crippen LogP contribution in [-0.4, -0.2) is 30.1 Å². The molecule has 0 bridgehead atoms. The molecule has 0 aromatic carbocycles. The fourth-order valence-electron chi connectivity index (χ4n) is 1.18. The minimum Gasteiger partial charge on any atom is -0.481 e. The predicted octanol–water partition coefficient (Wildman–Crippen LogP) is 2.25. The van der Waals surface area contributed by atoms with E-state index in [1.807, 2.05) is 0 Å². The molecule has 0 spiro atoms. The highest BCUT2D eigenvalue weighted by Crippen LogP contribution is 2.17. The maximum atomic E-state index is 11.5. The quantitative estimate of drug-likeness (QED) is 0.835. The molecule has 18 heavy (non-hydrogen) atoms. The number of aldehydes is 1. The molecule has 98 valence electrons. The second-order valence-corrected chi connectivity index (χ2v) is 4.53. The van der Waals surface area contributed by atoms with Crippen LogP contribution in [0.3, 0.4) is 0 Å². The summed E-state index contributed by atoms with van der Waals surface area (Å²) in [6, 6.07) is 3.07. The normalized spacial score (nSPS) is 10.7. The van der Waals surface area contributed by atoms with Gasteiger partial charge in [-0.05, 0) is 26.8 Å². The molecule has 1 amide bonds. The summed E-state index contributed by atoms with van der Waals surface area (Å²) < 4.78 is 9.96. The molecular formula is C12H16N2O4. The summed E-state index contributed by atoms with van der Waals surface area (Å²) >= 11 is 0. The van der Waals surface area contributed by atoms with Crippen LogP contribution < -0.4 is 10.1 Å². The van der Waals surface area contributed by atoms with Gasteiger partial charge in [0.15, 0.2) is 6.29 Å². The minimum atomic E-state index is -0.641. The fourth-order valence-corrected chi connectivity index (χ4v) is 1.18. The third-order valence-corrected chi connectivity index (χ3v) is 1.86. The van der Waals surface area contributed by atoms with Crippen LogP contribution in [0.5, 0.6) is 5.88 Å². The van der Waals surface area contributed by atoms with Gasteiger partial charge < -0.3 is 9.47 Å². The van der Waals surface area contributed by atoms with Crippen molar-refractivity contribution in [2.24, 2.45) is 0 Å². The zero-order chi connectivity index (χ0) is 13.8. The van der Waals surface area contributed by atoms with Crippen LogP contribution in [0.4, 0.5) is 10.5 Å². The molecule has 1 heterocycles. The Bertz CT molecular complexity index is 452. The molecule has 0 saturated carbocycles. The maximum absolute atomic E-state index is 11.5. The van der Waals surface area contributed by atoms with Gasteiger partial charge in [-0.2, -0.15) is 0 Å². The van der Waals surface area contributed by atoms with Crippen LogP contribution in [-0.2, 0) is 4.74 Å². The van der Waals surface area contributed by atoms with E-state index in [-0.39, 0.29) is 11.4 Å². The monoisotopic (exact) mass is 252 g/mol. The number of carbonyl (C=O) groups excluding carboxylic acids is 2. The molecule has 1 aromatic heterocycles. The number of hydrogen-bond acceptors (Lipinski definition) is 5. The van der Waals surface area contributed by atoms with E-state index >= 15 is 0 Å². The Balaban J connectivity index is 2.84. The summed E-state index contributed by atoms with van der Waals surface area (Å²) in [6.45, 7) is 5.25. The number of nitrogens with zero attached hydrogens (tertiary/aromatic N) is 1. The minimum absolute atomic E-state index is 0.0835. The van der Waals surface area contributed by atoms with Crippen LogP contribution in [0.1, 0.15) is 31.3 Å². The van der Waals surface area contributed by atoms with Gasteiger partial charge in [-0.25, -0.2) is 9.78 Å². The lowest BCUT2D eigenvalue weighted by Gasteiger charge is -2.19. The third kappa shape index (κ3) is 4.04. The number of pyridine rings is 1. The first-order valence-electron chi connectivity index (χ1n) is 5.36. The van der Waals surface area contributed by atoms with Gasteiger partial charge in [0.05, 0.1) is 12.8 Å². The first-order valence-corrected chi connectivity index (χ1v) is 5.36. The highest BCUT2D eigenvalue weighted by atomic mass is 16.6. The van der Waals surface area contributed by atoms with E-state index in [0.29, 0.717) is 12.2 Å². The first-order chi connectivity index (χ1) is 8.35.